The molecule has 4 rings (SSSR count). The third kappa shape index (κ3) is 7.90. The average Bonchev–Trinajstić information content (AvgIpc) is 2.92. The van der Waals surface area contributed by atoms with E-state index in [1.165, 1.54) is 19.1 Å². The Kier molecular flexibility index (Phi) is 9.81. The Morgan fingerprint density at radius 3 is 2.44 bits per heavy atom. The minimum atomic E-state index is -3.62. The Morgan fingerprint density at radius 2 is 1.83 bits per heavy atom. The summed E-state index contributed by atoms with van der Waals surface area (Å²) in [5, 5.41) is 0. The van der Waals surface area contributed by atoms with Crippen LogP contribution in [-0.4, -0.2) is 67.0 Å². The zero-order valence-electron chi connectivity index (χ0n) is 24.5. The van der Waals surface area contributed by atoms with Gasteiger partial charge in [-0.15, -0.1) is 0 Å². The molecule has 9 nitrogen and oxygen atoms in total. The van der Waals surface area contributed by atoms with Gasteiger partial charge in [0.2, 0.25) is 21.9 Å². The summed E-state index contributed by atoms with van der Waals surface area (Å²) in [6, 6.07) is 5.91. The lowest BCUT2D eigenvalue weighted by Gasteiger charge is -2.46. The maximum atomic E-state index is 13.8. The quantitative estimate of drug-likeness (QED) is 0.412. The number of benzene rings is 1. The number of anilines is 1. The Balaban J connectivity index is 1.75. The molecule has 1 aromatic heterocycles. The number of hydrogen-bond acceptors (Lipinski definition) is 7. The molecule has 1 saturated heterocycles. The Hall–Kier alpha value is -2.89. The molecular weight excluding hydrogens is 547 g/mol. The van der Waals surface area contributed by atoms with E-state index in [2.05, 4.69) is 14.7 Å². The summed E-state index contributed by atoms with van der Waals surface area (Å²) in [6.45, 7) is 5.48. The number of ether oxygens (including phenoxy) is 2. The summed E-state index contributed by atoms with van der Waals surface area (Å²) in [4.78, 5) is 23.3. The zero-order valence-corrected chi connectivity index (χ0v) is 25.3. The van der Waals surface area contributed by atoms with Crippen molar-refractivity contribution in [2.75, 3.05) is 24.6 Å². The SMILES string of the molecule is CCS(=O)(=O)Nc1nc(-c2ccc(F)cc2)c(/C=C/[C@@H]2C[C@H](CC(=O)N(C)C)OC3(CCCCC3)O2)c(C(C)C)n1. The first-order chi connectivity index (χ1) is 19.4. The Labute approximate surface area is 242 Å². The van der Waals surface area contributed by atoms with E-state index in [0.29, 0.717) is 28.9 Å². The number of amides is 1. The molecule has 2 heterocycles. The lowest BCUT2D eigenvalue weighted by atomic mass is 9.91. The van der Waals surface area contributed by atoms with Crippen molar-refractivity contribution in [2.24, 2.45) is 0 Å². The first kappa shape index (κ1) is 31.1. The number of carbonyl (C=O) groups is 1. The van der Waals surface area contributed by atoms with E-state index in [9.17, 15) is 17.6 Å². The molecule has 2 aromatic rings. The molecule has 0 radical (unpaired) electrons. The standard InChI is InChI=1S/C30H41FN4O5S/c1-6-41(37,38)34-29-32-27(20(2)3)25(28(33-29)21-10-12-22(31)13-11-21)15-14-23-18-24(19-26(36)35(4)5)40-30(39-23)16-8-7-9-17-30/h10-15,20,23-24H,6-9,16-19H2,1-5H3,(H,32,33,34)/b15-14+/t23-,24-/m1/s1. The maximum Gasteiger partial charge on any atom is 0.237 e. The van der Waals surface area contributed by atoms with Gasteiger partial charge in [-0.05, 0) is 49.9 Å². The van der Waals surface area contributed by atoms with Crippen molar-refractivity contribution in [2.45, 2.75) is 89.6 Å². The van der Waals surface area contributed by atoms with Crippen LogP contribution < -0.4 is 4.72 Å². The number of carbonyl (C=O) groups excluding carboxylic acids is 1. The largest absolute Gasteiger partial charge is 0.349 e. The van der Waals surface area contributed by atoms with Crippen LogP contribution >= 0.6 is 0 Å². The molecule has 41 heavy (non-hydrogen) atoms. The van der Waals surface area contributed by atoms with Gasteiger partial charge >= 0.3 is 0 Å². The molecule has 1 saturated carbocycles. The minimum Gasteiger partial charge on any atom is -0.349 e. The Bertz CT molecular complexity index is 1360. The highest BCUT2D eigenvalue weighted by Crippen LogP contribution is 2.41. The van der Waals surface area contributed by atoms with Crippen molar-refractivity contribution in [3.8, 4) is 11.3 Å². The minimum absolute atomic E-state index is 0.00444. The van der Waals surface area contributed by atoms with Crippen LogP contribution in [0.3, 0.4) is 0 Å². The van der Waals surface area contributed by atoms with Crippen LogP contribution in [0, 0.1) is 5.82 Å². The highest BCUT2D eigenvalue weighted by molar-refractivity contribution is 7.92. The van der Waals surface area contributed by atoms with Crippen molar-refractivity contribution in [1.29, 1.82) is 0 Å². The van der Waals surface area contributed by atoms with Crippen molar-refractivity contribution < 1.29 is 27.1 Å². The molecule has 0 bridgehead atoms. The van der Waals surface area contributed by atoms with E-state index >= 15 is 0 Å². The molecule has 11 heteroatoms. The molecule has 2 atom stereocenters. The molecule has 1 N–H and O–H groups in total. The monoisotopic (exact) mass is 588 g/mol. The molecule has 1 aliphatic carbocycles. The molecule has 2 fully saturated rings. The van der Waals surface area contributed by atoms with Crippen LogP contribution in [0.25, 0.3) is 17.3 Å². The van der Waals surface area contributed by atoms with Crippen LogP contribution in [0.1, 0.15) is 82.9 Å². The molecule has 224 valence electrons. The zero-order chi connectivity index (χ0) is 29.8. The van der Waals surface area contributed by atoms with Gasteiger partial charge in [0.05, 0.1) is 35.8 Å². The molecule has 1 aromatic carbocycles. The number of hydrogen-bond donors (Lipinski definition) is 1. The van der Waals surface area contributed by atoms with Crippen LogP contribution in [0.5, 0.6) is 0 Å². The molecule has 0 unspecified atom stereocenters. The van der Waals surface area contributed by atoms with Crippen molar-refractivity contribution in [3.63, 3.8) is 0 Å². The second-order valence-corrected chi connectivity index (χ2v) is 13.3. The number of aromatic nitrogens is 2. The van der Waals surface area contributed by atoms with Gasteiger partial charge in [-0.3, -0.25) is 9.52 Å². The highest BCUT2D eigenvalue weighted by atomic mass is 32.2. The number of nitrogens with one attached hydrogen (secondary N) is 1. The van der Waals surface area contributed by atoms with Crippen molar-refractivity contribution in [3.05, 3.63) is 47.4 Å². The third-order valence-corrected chi connectivity index (χ3v) is 8.76. The van der Waals surface area contributed by atoms with Gasteiger partial charge < -0.3 is 14.4 Å². The predicted molar refractivity (Wildman–Crippen MR) is 157 cm³/mol. The summed E-state index contributed by atoms with van der Waals surface area (Å²) in [5.74, 6) is -1.33. The normalized spacial score (nSPS) is 21.0. The summed E-state index contributed by atoms with van der Waals surface area (Å²) >= 11 is 0. The van der Waals surface area contributed by atoms with Gasteiger partial charge in [-0.1, -0.05) is 32.4 Å². The summed E-state index contributed by atoms with van der Waals surface area (Å²) in [5.41, 5.74) is 2.44. The maximum absolute atomic E-state index is 13.8. The van der Waals surface area contributed by atoms with E-state index < -0.39 is 15.8 Å². The number of nitrogens with zero attached hydrogens (tertiary/aromatic N) is 3. The van der Waals surface area contributed by atoms with Crippen LogP contribution in [-0.2, 0) is 24.3 Å². The average molecular weight is 589 g/mol. The fourth-order valence-corrected chi connectivity index (χ4v) is 5.80. The highest BCUT2D eigenvalue weighted by Gasteiger charge is 2.43. The van der Waals surface area contributed by atoms with Gasteiger partial charge in [0.25, 0.3) is 0 Å². The van der Waals surface area contributed by atoms with Crippen molar-refractivity contribution in [1.82, 2.24) is 14.9 Å². The van der Waals surface area contributed by atoms with Crippen LogP contribution in [0.4, 0.5) is 10.3 Å². The number of sulfonamides is 1. The topological polar surface area (TPSA) is 111 Å². The number of rotatable bonds is 9. The lowest BCUT2D eigenvalue weighted by molar-refractivity contribution is -0.320. The smallest absolute Gasteiger partial charge is 0.237 e. The van der Waals surface area contributed by atoms with Gasteiger partial charge in [0.1, 0.15) is 5.82 Å². The van der Waals surface area contributed by atoms with E-state index in [0.717, 1.165) is 32.1 Å². The molecule has 1 aliphatic heterocycles. The van der Waals surface area contributed by atoms with Crippen molar-refractivity contribution >= 4 is 28.0 Å². The van der Waals surface area contributed by atoms with Gasteiger partial charge in [0, 0.05) is 44.5 Å². The van der Waals surface area contributed by atoms with E-state index in [-0.39, 0.29) is 48.0 Å². The first-order valence-corrected chi connectivity index (χ1v) is 16.0. The summed E-state index contributed by atoms with van der Waals surface area (Å²) in [7, 11) is -0.139. The second-order valence-electron chi connectivity index (χ2n) is 11.3. The summed E-state index contributed by atoms with van der Waals surface area (Å²) in [6.07, 6.45) is 8.72. The third-order valence-electron chi connectivity index (χ3n) is 7.50. The molecular formula is C30H41FN4O5S. The lowest BCUT2D eigenvalue weighted by Crippen LogP contribution is -2.50. The molecule has 1 amide bonds. The summed E-state index contributed by atoms with van der Waals surface area (Å²) < 4.78 is 53.9. The number of halogens is 1. The molecule has 1 spiro atoms. The van der Waals surface area contributed by atoms with Gasteiger partial charge in [-0.25, -0.2) is 22.8 Å². The van der Waals surface area contributed by atoms with E-state index in [1.54, 1.807) is 31.1 Å². The van der Waals surface area contributed by atoms with Crippen LogP contribution in [0.2, 0.25) is 0 Å². The predicted octanol–water partition coefficient (Wildman–Crippen LogP) is 5.49. The fourth-order valence-electron chi connectivity index (χ4n) is 5.29. The van der Waals surface area contributed by atoms with E-state index in [1.807, 2.05) is 26.0 Å². The van der Waals surface area contributed by atoms with Gasteiger partial charge in [-0.2, -0.15) is 0 Å². The fraction of sp³-hybridized carbons (Fsp3) is 0.567. The second kappa shape index (κ2) is 13.0. The first-order valence-electron chi connectivity index (χ1n) is 14.3. The Morgan fingerprint density at radius 1 is 1.15 bits per heavy atom. The van der Waals surface area contributed by atoms with E-state index in [4.69, 9.17) is 9.47 Å². The van der Waals surface area contributed by atoms with Gasteiger partial charge in [0.15, 0.2) is 5.79 Å². The van der Waals surface area contributed by atoms with Crippen LogP contribution in [0.15, 0.2) is 30.3 Å². The molecule has 2 aliphatic rings.